The first-order valence-corrected chi connectivity index (χ1v) is 8.98. The van der Waals surface area contributed by atoms with E-state index < -0.39 is 10.0 Å². The van der Waals surface area contributed by atoms with Crippen LogP contribution in [0.1, 0.15) is 37.8 Å². The number of hydrogen-bond acceptors (Lipinski definition) is 3. The molecule has 0 spiro atoms. The predicted octanol–water partition coefficient (Wildman–Crippen LogP) is 2.06. The molecule has 0 saturated carbocycles. The zero-order valence-corrected chi connectivity index (χ0v) is 13.3. The van der Waals surface area contributed by atoms with Gasteiger partial charge in [-0.1, -0.05) is 38.1 Å². The maximum Gasteiger partial charge on any atom is 0.211 e. The Labute approximate surface area is 123 Å². The molecule has 20 heavy (non-hydrogen) atoms. The van der Waals surface area contributed by atoms with E-state index in [2.05, 4.69) is 23.9 Å². The Morgan fingerprint density at radius 2 is 1.65 bits per heavy atom. The molecule has 0 bridgehead atoms. The van der Waals surface area contributed by atoms with Crippen molar-refractivity contribution in [1.82, 2.24) is 10.0 Å². The average Bonchev–Trinajstić information content (AvgIpc) is 2.45. The molecule has 114 valence electrons. The van der Waals surface area contributed by atoms with Gasteiger partial charge in [0.05, 0.1) is 5.75 Å². The number of benzene rings is 1. The molecule has 4 nitrogen and oxygen atoms in total. The molecule has 0 aliphatic carbocycles. The lowest BCUT2D eigenvalue weighted by Crippen LogP contribution is -2.28. The molecule has 0 aliphatic rings. The van der Waals surface area contributed by atoms with Gasteiger partial charge in [-0.15, -0.1) is 0 Å². The molecule has 5 heteroatoms. The third-order valence-electron chi connectivity index (χ3n) is 3.12. The second-order valence-electron chi connectivity index (χ2n) is 4.91. The number of rotatable bonds is 10. The molecule has 0 fully saturated rings. The largest absolute Gasteiger partial charge is 0.317 e. The number of aryl methyl sites for hydroxylation is 1. The first-order valence-electron chi connectivity index (χ1n) is 7.33. The highest BCUT2D eigenvalue weighted by molar-refractivity contribution is 7.89. The molecule has 0 saturated heterocycles. The van der Waals surface area contributed by atoms with Crippen molar-refractivity contribution < 1.29 is 8.42 Å². The van der Waals surface area contributed by atoms with Gasteiger partial charge in [-0.2, -0.15) is 0 Å². The van der Waals surface area contributed by atoms with Crippen LogP contribution in [0.3, 0.4) is 0 Å². The lowest BCUT2D eigenvalue weighted by molar-refractivity contribution is 0.574. The van der Waals surface area contributed by atoms with Crippen LogP contribution in [0.5, 0.6) is 0 Å². The standard InChI is InChI=1S/C15H26N2O2S/c1-3-10-16-11-5-12-20(18,19)17-13-15-8-6-14(4-2)7-9-15/h6-9,16-17H,3-5,10-13H2,1-2H3. The first kappa shape index (κ1) is 17.1. The Hall–Kier alpha value is -0.910. The molecule has 0 unspecified atom stereocenters. The van der Waals surface area contributed by atoms with Crippen molar-refractivity contribution in [2.75, 3.05) is 18.8 Å². The van der Waals surface area contributed by atoms with E-state index in [0.717, 1.165) is 31.5 Å². The molecule has 0 atom stereocenters. The van der Waals surface area contributed by atoms with Crippen molar-refractivity contribution in [3.05, 3.63) is 35.4 Å². The van der Waals surface area contributed by atoms with Crippen LogP contribution in [0, 0.1) is 0 Å². The molecule has 0 aromatic heterocycles. The van der Waals surface area contributed by atoms with E-state index in [4.69, 9.17) is 0 Å². The van der Waals surface area contributed by atoms with E-state index in [0.29, 0.717) is 13.0 Å². The molecule has 0 radical (unpaired) electrons. The fourth-order valence-electron chi connectivity index (χ4n) is 1.85. The van der Waals surface area contributed by atoms with E-state index in [1.807, 2.05) is 24.3 Å². The van der Waals surface area contributed by atoms with Crippen LogP contribution in [0.4, 0.5) is 0 Å². The highest BCUT2D eigenvalue weighted by Gasteiger charge is 2.09. The van der Waals surface area contributed by atoms with Crippen molar-refractivity contribution in [2.45, 2.75) is 39.7 Å². The minimum atomic E-state index is -3.17. The van der Waals surface area contributed by atoms with Crippen LogP contribution >= 0.6 is 0 Å². The second kappa shape index (κ2) is 9.10. The van der Waals surface area contributed by atoms with Gasteiger partial charge in [-0.3, -0.25) is 0 Å². The van der Waals surface area contributed by atoms with E-state index >= 15 is 0 Å². The third-order valence-corrected chi connectivity index (χ3v) is 4.53. The van der Waals surface area contributed by atoms with Gasteiger partial charge >= 0.3 is 0 Å². The maximum absolute atomic E-state index is 11.8. The third kappa shape index (κ3) is 7.03. The Balaban J connectivity index is 2.31. The van der Waals surface area contributed by atoms with Gasteiger partial charge < -0.3 is 5.32 Å². The molecular weight excluding hydrogens is 272 g/mol. The summed E-state index contributed by atoms with van der Waals surface area (Å²) in [5.74, 6) is 0.177. The molecule has 1 aromatic rings. The minimum absolute atomic E-state index is 0.177. The van der Waals surface area contributed by atoms with Gasteiger partial charge in [-0.05, 0) is 43.5 Å². The highest BCUT2D eigenvalue weighted by Crippen LogP contribution is 2.05. The van der Waals surface area contributed by atoms with Gasteiger partial charge in [0.1, 0.15) is 0 Å². The Morgan fingerprint density at radius 3 is 2.25 bits per heavy atom. The fraction of sp³-hybridized carbons (Fsp3) is 0.600. The normalized spacial score (nSPS) is 11.7. The molecular formula is C15H26N2O2S. The molecule has 0 amide bonds. The summed E-state index contributed by atoms with van der Waals surface area (Å²) in [4.78, 5) is 0. The van der Waals surface area contributed by atoms with E-state index in [1.165, 1.54) is 5.56 Å². The highest BCUT2D eigenvalue weighted by atomic mass is 32.2. The van der Waals surface area contributed by atoms with Crippen LogP contribution in [0.25, 0.3) is 0 Å². The van der Waals surface area contributed by atoms with Gasteiger partial charge in [-0.25, -0.2) is 13.1 Å². The van der Waals surface area contributed by atoms with E-state index in [9.17, 15) is 8.42 Å². The first-order chi connectivity index (χ1) is 9.57. The van der Waals surface area contributed by atoms with E-state index in [1.54, 1.807) is 0 Å². The fourth-order valence-corrected chi connectivity index (χ4v) is 2.90. The molecule has 1 rings (SSSR count). The lowest BCUT2D eigenvalue weighted by atomic mass is 10.1. The SMILES string of the molecule is CCCNCCCS(=O)(=O)NCc1ccc(CC)cc1. The van der Waals surface area contributed by atoms with Crippen LogP contribution in [-0.4, -0.2) is 27.3 Å². The Morgan fingerprint density at radius 1 is 1.00 bits per heavy atom. The summed E-state index contributed by atoms with van der Waals surface area (Å²) in [6, 6.07) is 8.03. The van der Waals surface area contributed by atoms with Crippen molar-refractivity contribution >= 4 is 10.0 Å². The molecule has 1 aromatic carbocycles. The summed E-state index contributed by atoms with van der Waals surface area (Å²) in [6.45, 7) is 6.26. The summed E-state index contributed by atoms with van der Waals surface area (Å²) in [7, 11) is -3.17. The van der Waals surface area contributed by atoms with Crippen molar-refractivity contribution in [3.8, 4) is 0 Å². The van der Waals surface area contributed by atoms with E-state index in [-0.39, 0.29) is 5.75 Å². The lowest BCUT2D eigenvalue weighted by Gasteiger charge is -2.08. The predicted molar refractivity (Wildman–Crippen MR) is 84.2 cm³/mol. The number of hydrogen-bond donors (Lipinski definition) is 2. The zero-order valence-electron chi connectivity index (χ0n) is 12.5. The van der Waals surface area contributed by atoms with Gasteiger partial charge in [0, 0.05) is 6.54 Å². The summed E-state index contributed by atoms with van der Waals surface area (Å²) in [6.07, 6.45) is 2.71. The summed E-state index contributed by atoms with van der Waals surface area (Å²) in [5.41, 5.74) is 2.26. The monoisotopic (exact) mass is 298 g/mol. The molecule has 0 aliphatic heterocycles. The van der Waals surface area contributed by atoms with Gasteiger partial charge in [0.15, 0.2) is 0 Å². The van der Waals surface area contributed by atoms with Crippen molar-refractivity contribution in [3.63, 3.8) is 0 Å². The summed E-state index contributed by atoms with van der Waals surface area (Å²) >= 11 is 0. The van der Waals surface area contributed by atoms with Crippen LogP contribution in [0.2, 0.25) is 0 Å². The van der Waals surface area contributed by atoms with Crippen molar-refractivity contribution in [2.24, 2.45) is 0 Å². The van der Waals surface area contributed by atoms with Crippen LogP contribution in [0.15, 0.2) is 24.3 Å². The second-order valence-corrected chi connectivity index (χ2v) is 6.84. The topological polar surface area (TPSA) is 58.2 Å². The Bertz CT molecular complexity index is 469. The number of sulfonamides is 1. The summed E-state index contributed by atoms with van der Waals surface area (Å²) < 4.78 is 26.3. The zero-order chi connectivity index (χ0) is 14.8. The molecule has 0 heterocycles. The quantitative estimate of drug-likeness (QED) is 0.650. The number of nitrogens with one attached hydrogen (secondary N) is 2. The average molecular weight is 298 g/mol. The van der Waals surface area contributed by atoms with Gasteiger partial charge in [0.25, 0.3) is 0 Å². The Kier molecular flexibility index (Phi) is 7.80. The van der Waals surface area contributed by atoms with Crippen LogP contribution in [-0.2, 0) is 23.0 Å². The molecule has 2 N–H and O–H groups in total. The minimum Gasteiger partial charge on any atom is -0.317 e. The van der Waals surface area contributed by atoms with Crippen LogP contribution < -0.4 is 10.0 Å². The smallest absolute Gasteiger partial charge is 0.211 e. The van der Waals surface area contributed by atoms with Gasteiger partial charge in [0.2, 0.25) is 10.0 Å². The van der Waals surface area contributed by atoms with Crippen molar-refractivity contribution in [1.29, 1.82) is 0 Å². The maximum atomic E-state index is 11.8. The summed E-state index contributed by atoms with van der Waals surface area (Å²) in [5, 5.41) is 3.20.